The number of hydrogen-bond acceptors (Lipinski definition) is 5. The van der Waals surface area contributed by atoms with Crippen LogP contribution in [0.4, 0.5) is 4.39 Å². The lowest BCUT2D eigenvalue weighted by molar-refractivity contribution is 0.0829. The van der Waals surface area contributed by atoms with Crippen LogP contribution >= 0.6 is 0 Å². The Kier molecular flexibility index (Phi) is 11.9. The second-order valence-electron chi connectivity index (χ2n) is 11.5. The number of ether oxygens (including phenoxy) is 1. The second kappa shape index (κ2) is 15.8. The summed E-state index contributed by atoms with van der Waals surface area (Å²) in [5.74, 6) is -0.180. The topological polar surface area (TPSA) is 73.8 Å². The van der Waals surface area contributed by atoms with E-state index in [2.05, 4.69) is 53.6 Å². The standard InChI is InChI=1S/C35H46FN3O3/c1-4-11-39-12-6-7-13-42-32-19-28(18-31(36)21-32)20-33(38-35(41)30-15-25(3)14-29(17-30)24-39)34(40)23-37-22-27-10-8-9-26(5-2)16-27/h8-10,14-19,21,33-34,37,40H,4-7,11-13,20,22-24H2,1-3H3,(H,38,41). The van der Waals surface area contributed by atoms with Crippen molar-refractivity contribution in [3.8, 4) is 5.75 Å². The summed E-state index contributed by atoms with van der Waals surface area (Å²) in [5, 5.41) is 17.7. The maximum absolute atomic E-state index is 14.6. The fourth-order valence-electron chi connectivity index (χ4n) is 5.63. The molecule has 42 heavy (non-hydrogen) atoms. The number of aliphatic hydroxyl groups excluding tert-OH is 1. The molecule has 3 aromatic rings. The Labute approximate surface area is 250 Å². The van der Waals surface area contributed by atoms with Crippen molar-refractivity contribution in [1.82, 2.24) is 15.5 Å². The van der Waals surface area contributed by atoms with E-state index in [9.17, 15) is 14.3 Å². The van der Waals surface area contributed by atoms with Crippen LogP contribution in [0.15, 0.2) is 60.7 Å². The quantitative estimate of drug-likeness (QED) is 0.328. The third-order valence-corrected chi connectivity index (χ3v) is 7.73. The van der Waals surface area contributed by atoms with E-state index in [0.29, 0.717) is 30.0 Å². The molecule has 0 spiro atoms. The van der Waals surface area contributed by atoms with Gasteiger partial charge in [0.2, 0.25) is 0 Å². The van der Waals surface area contributed by atoms with E-state index >= 15 is 0 Å². The number of amides is 1. The third-order valence-electron chi connectivity index (χ3n) is 7.73. The predicted molar refractivity (Wildman–Crippen MR) is 166 cm³/mol. The van der Waals surface area contributed by atoms with Gasteiger partial charge in [-0.15, -0.1) is 0 Å². The smallest absolute Gasteiger partial charge is 0.251 e. The molecule has 6 nitrogen and oxygen atoms in total. The molecular weight excluding hydrogens is 529 g/mol. The summed E-state index contributed by atoms with van der Waals surface area (Å²) in [6, 6.07) is 18.3. The van der Waals surface area contributed by atoms with E-state index in [1.807, 2.05) is 31.2 Å². The highest BCUT2D eigenvalue weighted by atomic mass is 19.1. The van der Waals surface area contributed by atoms with Crippen molar-refractivity contribution in [2.75, 3.05) is 26.2 Å². The molecule has 0 aromatic heterocycles. The first-order valence-electron chi connectivity index (χ1n) is 15.4. The SMILES string of the molecule is CCCN1CCCCOc2cc(F)cc(c2)CC(C(O)CNCc2cccc(CC)c2)NC(=O)c2cc(C)cc(c2)C1. The van der Waals surface area contributed by atoms with Crippen LogP contribution < -0.4 is 15.4 Å². The number of carbonyl (C=O) groups excluding carboxylic acids is 1. The Morgan fingerprint density at radius 1 is 1.07 bits per heavy atom. The summed E-state index contributed by atoms with van der Waals surface area (Å²) in [6.45, 7) is 10.3. The molecular formula is C35H46FN3O3. The van der Waals surface area contributed by atoms with Gasteiger partial charge >= 0.3 is 0 Å². The minimum absolute atomic E-state index is 0.251. The molecule has 2 unspecified atom stereocenters. The fourth-order valence-corrected chi connectivity index (χ4v) is 5.63. The molecule has 1 aliphatic heterocycles. The average Bonchev–Trinajstić information content (AvgIpc) is 2.95. The van der Waals surface area contributed by atoms with Crippen molar-refractivity contribution >= 4 is 5.91 Å². The van der Waals surface area contributed by atoms with Gasteiger partial charge in [-0.1, -0.05) is 49.7 Å². The zero-order valence-electron chi connectivity index (χ0n) is 25.3. The van der Waals surface area contributed by atoms with Crippen LogP contribution in [0.1, 0.15) is 71.3 Å². The van der Waals surface area contributed by atoms with Gasteiger partial charge in [0.05, 0.1) is 18.8 Å². The number of halogens is 1. The minimum atomic E-state index is -0.901. The molecule has 3 N–H and O–H groups in total. The van der Waals surface area contributed by atoms with E-state index in [4.69, 9.17) is 4.74 Å². The molecule has 4 rings (SSSR count). The first kappa shape index (κ1) is 31.7. The second-order valence-corrected chi connectivity index (χ2v) is 11.5. The summed E-state index contributed by atoms with van der Waals surface area (Å²) in [4.78, 5) is 16.0. The minimum Gasteiger partial charge on any atom is -0.493 e. The number of aryl methyl sites for hydroxylation is 2. The molecule has 1 heterocycles. The number of nitrogens with one attached hydrogen (secondary N) is 2. The molecule has 0 saturated carbocycles. The van der Waals surface area contributed by atoms with Gasteiger partial charge in [-0.25, -0.2) is 4.39 Å². The highest BCUT2D eigenvalue weighted by Gasteiger charge is 2.24. The number of aliphatic hydroxyl groups is 1. The number of benzene rings is 3. The molecule has 0 radical (unpaired) electrons. The lowest BCUT2D eigenvalue weighted by Crippen LogP contribution is -2.48. The normalized spacial score (nSPS) is 17.6. The maximum atomic E-state index is 14.6. The van der Waals surface area contributed by atoms with Crippen LogP contribution in [0.5, 0.6) is 5.75 Å². The highest BCUT2D eigenvalue weighted by Crippen LogP contribution is 2.20. The van der Waals surface area contributed by atoms with E-state index < -0.39 is 18.0 Å². The van der Waals surface area contributed by atoms with Crippen LogP contribution in [0.3, 0.4) is 0 Å². The number of carbonyl (C=O) groups is 1. The lowest BCUT2D eigenvalue weighted by Gasteiger charge is -2.25. The molecule has 226 valence electrons. The molecule has 3 aromatic carbocycles. The van der Waals surface area contributed by atoms with Gasteiger partial charge in [0.25, 0.3) is 5.91 Å². The lowest BCUT2D eigenvalue weighted by atomic mass is 9.99. The van der Waals surface area contributed by atoms with Crippen molar-refractivity contribution in [3.05, 3.63) is 99.9 Å². The van der Waals surface area contributed by atoms with Crippen LogP contribution in [0.25, 0.3) is 0 Å². The molecule has 0 fully saturated rings. The molecule has 2 atom stereocenters. The summed E-state index contributed by atoms with van der Waals surface area (Å²) in [5.41, 5.74) is 5.73. The van der Waals surface area contributed by atoms with Crippen LogP contribution in [-0.4, -0.2) is 54.3 Å². The Hall–Kier alpha value is -3.26. The van der Waals surface area contributed by atoms with Gasteiger partial charge in [-0.3, -0.25) is 9.69 Å². The van der Waals surface area contributed by atoms with E-state index in [0.717, 1.165) is 62.0 Å². The van der Waals surface area contributed by atoms with Gasteiger partial charge in [-0.2, -0.15) is 0 Å². The van der Waals surface area contributed by atoms with Crippen molar-refractivity contribution < 1.29 is 19.0 Å². The molecule has 1 amide bonds. The predicted octanol–water partition coefficient (Wildman–Crippen LogP) is 5.57. The molecule has 4 bridgehead atoms. The molecule has 1 aliphatic rings. The van der Waals surface area contributed by atoms with E-state index in [1.54, 1.807) is 0 Å². The zero-order valence-corrected chi connectivity index (χ0v) is 25.3. The Balaban J connectivity index is 1.57. The van der Waals surface area contributed by atoms with Gasteiger partial charge in [0.1, 0.15) is 11.6 Å². The fraction of sp³-hybridized carbons (Fsp3) is 0.457. The number of hydrogen-bond donors (Lipinski definition) is 3. The maximum Gasteiger partial charge on any atom is 0.251 e. The average molecular weight is 576 g/mol. The Morgan fingerprint density at radius 2 is 1.90 bits per heavy atom. The van der Waals surface area contributed by atoms with Gasteiger partial charge in [0.15, 0.2) is 0 Å². The van der Waals surface area contributed by atoms with Gasteiger partial charge in [0, 0.05) is 31.3 Å². The van der Waals surface area contributed by atoms with Crippen LogP contribution in [-0.2, 0) is 25.9 Å². The third kappa shape index (κ3) is 9.65. The van der Waals surface area contributed by atoms with Crippen LogP contribution in [0, 0.1) is 12.7 Å². The Bertz CT molecular complexity index is 1310. The van der Waals surface area contributed by atoms with Crippen molar-refractivity contribution in [2.45, 2.75) is 78.1 Å². The van der Waals surface area contributed by atoms with Crippen molar-refractivity contribution in [1.29, 1.82) is 0 Å². The first-order valence-corrected chi connectivity index (χ1v) is 15.4. The highest BCUT2D eigenvalue weighted by molar-refractivity contribution is 5.94. The van der Waals surface area contributed by atoms with Gasteiger partial charge in [-0.05, 0) is 98.6 Å². The van der Waals surface area contributed by atoms with Crippen molar-refractivity contribution in [2.24, 2.45) is 0 Å². The van der Waals surface area contributed by atoms with E-state index in [1.165, 1.54) is 17.7 Å². The number of fused-ring (bicyclic) bond motifs is 4. The van der Waals surface area contributed by atoms with Crippen molar-refractivity contribution in [3.63, 3.8) is 0 Å². The van der Waals surface area contributed by atoms with Crippen LogP contribution in [0.2, 0.25) is 0 Å². The molecule has 0 saturated heterocycles. The summed E-state index contributed by atoms with van der Waals surface area (Å²) < 4.78 is 20.6. The summed E-state index contributed by atoms with van der Waals surface area (Å²) in [6.07, 6.45) is 3.18. The first-order chi connectivity index (χ1) is 20.3. The van der Waals surface area contributed by atoms with Gasteiger partial charge < -0.3 is 20.5 Å². The summed E-state index contributed by atoms with van der Waals surface area (Å²) >= 11 is 0. The Morgan fingerprint density at radius 3 is 2.71 bits per heavy atom. The molecule has 0 aliphatic carbocycles. The molecule has 7 heteroatoms. The van der Waals surface area contributed by atoms with E-state index in [-0.39, 0.29) is 18.9 Å². The summed E-state index contributed by atoms with van der Waals surface area (Å²) in [7, 11) is 0. The largest absolute Gasteiger partial charge is 0.493 e. The zero-order chi connectivity index (χ0) is 29.9. The number of rotatable bonds is 8. The monoisotopic (exact) mass is 575 g/mol. The number of nitrogens with zero attached hydrogens (tertiary/aromatic N) is 1.